The molecule has 0 spiro atoms. The number of guanidine groups is 1. The van der Waals surface area contributed by atoms with Crippen molar-refractivity contribution in [2.45, 2.75) is 38.5 Å². The first-order valence-electron chi connectivity index (χ1n) is 8.02. The van der Waals surface area contributed by atoms with E-state index in [4.69, 9.17) is 4.74 Å². The van der Waals surface area contributed by atoms with Crippen LogP contribution in [0.1, 0.15) is 38.5 Å². The minimum Gasteiger partial charge on any atom is -0.383 e. The number of nitrogens with zero attached hydrogens (tertiary/aromatic N) is 2. The molecule has 21 heavy (non-hydrogen) atoms. The minimum absolute atomic E-state index is 0. The van der Waals surface area contributed by atoms with Crippen molar-refractivity contribution >= 4 is 29.9 Å². The largest absolute Gasteiger partial charge is 0.383 e. The van der Waals surface area contributed by atoms with Crippen molar-refractivity contribution in [1.82, 2.24) is 15.5 Å². The third-order valence-corrected chi connectivity index (χ3v) is 3.71. The van der Waals surface area contributed by atoms with E-state index in [1.165, 1.54) is 58.2 Å². The van der Waals surface area contributed by atoms with Crippen LogP contribution in [0, 0.1) is 0 Å². The van der Waals surface area contributed by atoms with E-state index < -0.39 is 0 Å². The van der Waals surface area contributed by atoms with Crippen LogP contribution in [0.2, 0.25) is 0 Å². The molecule has 0 amide bonds. The maximum atomic E-state index is 5.00. The van der Waals surface area contributed by atoms with Gasteiger partial charge in [0, 0.05) is 27.2 Å². The van der Waals surface area contributed by atoms with Gasteiger partial charge in [-0.25, -0.2) is 0 Å². The van der Waals surface area contributed by atoms with Crippen LogP contribution in [0.25, 0.3) is 0 Å². The Balaban J connectivity index is 0.00000400. The summed E-state index contributed by atoms with van der Waals surface area (Å²) >= 11 is 0. The summed E-state index contributed by atoms with van der Waals surface area (Å²) in [5, 5.41) is 6.56. The smallest absolute Gasteiger partial charge is 0.191 e. The van der Waals surface area contributed by atoms with Crippen molar-refractivity contribution in [1.29, 1.82) is 0 Å². The second-order valence-corrected chi connectivity index (χ2v) is 5.38. The highest BCUT2D eigenvalue weighted by molar-refractivity contribution is 14.0. The van der Waals surface area contributed by atoms with Gasteiger partial charge in [0.05, 0.1) is 6.61 Å². The fourth-order valence-electron chi connectivity index (χ4n) is 2.52. The van der Waals surface area contributed by atoms with Crippen molar-refractivity contribution in [3.63, 3.8) is 0 Å². The van der Waals surface area contributed by atoms with Gasteiger partial charge >= 0.3 is 0 Å². The summed E-state index contributed by atoms with van der Waals surface area (Å²) in [7, 11) is 3.51. The molecule has 1 rings (SSSR count). The predicted molar refractivity (Wildman–Crippen MR) is 101 cm³/mol. The fourth-order valence-corrected chi connectivity index (χ4v) is 2.52. The van der Waals surface area contributed by atoms with Crippen molar-refractivity contribution in [3.05, 3.63) is 0 Å². The van der Waals surface area contributed by atoms with Gasteiger partial charge in [0.2, 0.25) is 0 Å². The summed E-state index contributed by atoms with van der Waals surface area (Å²) in [6.45, 7) is 6.40. The quantitative estimate of drug-likeness (QED) is 0.264. The zero-order valence-corrected chi connectivity index (χ0v) is 16.0. The molecule has 0 aromatic rings. The standard InChI is InChI=1S/C15H32N4O.HI/c1-16-15(18-10-14-20-2)17-9-5-3-6-11-19-12-7-4-8-13-19;/h3-14H2,1-2H3,(H2,16,17,18);1H. The average molecular weight is 412 g/mol. The first-order valence-corrected chi connectivity index (χ1v) is 8.02. The molecule has 0 saturated carbocycles. The highest BCUT2D eigenvalue weighted by Gasteiger charge is 2.08. The summed E-state index contributed by atoms with van der Waals surface area (Å²) < 4.78 is 5.00. The number of unbranched alkanes of at least 4 members (excludes halogenated alkanes) is 2. The van der Waals surface area contributed by atoms with Gasteiger partial charge in [-0.3, -0.25) is 4.99 Å². The second-order valence-electron chi connectivity index (χ2n) is 5.38. The molecular formula is C15H33IN4O. The Kier molecular flexibility index (Phi) is 14.8. The Hall–Kier alpha value is -0.0800. The van der Waals surface area contributed by atoms with Crippen molar-refractivity contribution in [2.24, 2.45) is 4.99 Å². The normalized spacial score (nSPS) is 16.4. The molecule has 6 heteroatoms. The van der Waals surface area contributed by atoms with Gasteiger partial charge in [-0.15, -0.1) is 24.0 Å². The van der Waals surface area contributed by atoms with E-state index >= 15 is 0 Å². The van der Waals surface area contributed by atoms with Gasteiger partial charge in [0.1, 0.15) is 0 Å². The molecule has 1 aliphatic heterocycles. The number of hydrogen-bond acceptors (Lipinski definition) is 3. The molecule has 0 bridgehead atoms. The number of rotatable bonds is 9. The molecular weight excluding hydrogens is 379 g/mol. The molecule has 0 radical (unpaired) electrons. The molecule has 1 saturated heterocycles. The summed E-state index contributed by atoms with van der Waals surface area (Å²) in [6, 6.07) is 0. The van der Waals surface area contributed by atoms with Crippen LogP contribution in [-0.2, 0) is 4.74 Å². The summed E-state index contributed by atoms with van der Waals surface area (Å²) in [5.74, 6) is 0.873. The van der Waals surface area contributed by atoms with Gasteiger partial charge in [0.25, 0.3) is 0 Å². The molecule has 0 aliphatic carbocycles. The Morgan fingerprint density at radius 1 is 1.05 bits per heavy atom. The highest BCUT2D eigenvalue weighted by Crippen LogP contribution is 2.09. The lowest BCUT2D eigenvalue weighted by atomic mass is 10.1. The average Bonchev–Trinajstić information content (AvgIpc) is 2.50. The van der Waals surface area contributed by atoms with E-state index in [9.17, 15) is 0 Å². The Labute approximate surface area is 147 Å². The van der Waals surface area contributed by atoms with Gasteiger partial charge in [0.15, 0.2) is 5.96 Å². The van der Waals surface area contributed by atoms with Gasteiger partial charge in [-0.1, -0.05) is 12.8 Å². The number of aliphatic imine (C=N–C) groups is 1. The van der Waals surface area contributed by atoms with Gasteiger partial charge in [-0.05, 0) is 45.3 Å². The molecule has 0 unspecified atom stereocenters. The topological polar surface area (TPSA) is 48.9 Å². The lowest BCUT2D eigenvalue weighted by Crippen LogP contribution is -2.39. The van der Waals surface area contributed by atoms with Crippen LogP contribution in [-0.4, -0.2) is 64.3 Å². The SMILES string of the molecule is CN=C(NCCCCCN1CCCCC1)NCCOC.I. The van der Waals surface area contributed by atoms with Crippen LogP contribution < -0.4 is 10.6 Å². The van der Waals surface area contributed by atoms with Crippen LogP contribution in [0.3, 0.4) is 0 Å². The lowest BCUT2D eigenvalue weighted by molar-refractivity contribution is 0.203. The van der Waals surface area contributed by atoms with E-state index in [2.05, 4.69) is 20.5 Å². The molecule has 1 heterocycles. The van der Waals surface area contributed by atoms with E-state index in [1.54, 1.807) is 14.2 Å². The Morgan fingerprint density at radius 2 is 1.76 bits per heavy atom. The molecule has 0 atom stereocenters. The number of halogens is 1. The van der Waals surface area contributed by atoms with Crippen molar-refractivity contribution in [3.8, 4) is 0 Å². The predicted octanol–water partition coefficient (Wildman–Crippen LogP) is 2.07. The fraction of sp³-hybridized carbons (Fsp3) is 0.933. The second kappa shape index (κ2) is 14.8. The third kappa shape index (κ3) is 11.2. The molecule has 1 fully saturated rings. The first kappa shape index (κ1) is 20.9. The Bertz CT molecular complexity index is 258. The summed E-state index contributed by atoms with van der Waals surface area (Å²) in [4.78, 5) is 6.79. The lowest BCUT2D eigenvalue weighted by Gasteiger charge is -2.26. The molecule has 126 valence electrons. The zero-order valence-electron chi connectivity index (χ0n) is 13.7. The maximum Gasteiger partial charge on any atom is 0.191 e. The number of hydrogen-bond donors (Lipinski definition) is 2. The van der Waals surface area contributed by atoms with Crippen molar-refractivity contribution < 1.29 is 4.74 Å². The van der Waals surface area contributed by atoms with E-state index in [0.717, 1.165) is 19.0 Å². The van der Waals surface area contributed by atoms with Crippen LogP contribution in [0.4, 0.5) is 0 Å². The van der Waals surface area contributed by atoms with Gasteiger partial charge in [-0.2, -0.15) is 0 Å². The summed E-state index contributed by atoms with van der Waals surface area (Å²) in [5.41, 5.74) is 0. The van der Waals surface area contributed by atoms with E-state index in [-0.39, 0.29) is 24.0 Å². The van der Waals surface area contributed by atoms with Crippen LogP contribution in [0.5, 0.6) is 0 Å². The Morgan fingerprint density at radius 3 is 2.43 bits per heavy atom. The van der Waals surface area contributed by atoms with Crippen LogP contribution >= 0.6 is 24.0 Å². The van der Waals surface area contributed by atoms with E-state index in [1.807, 2.05) is 0 Å². The van der Waals surface area contributed by atoms with Crippen molar-refractivity contribution in [2.75, 3.05) is 53.5 Å². The molecule has 1 aliphatic rings. The first-order chi connectivity index (χ1) is 9.86. The molecule has 2 N–H and O–H groups in total. The third-order valence-electron chi connectivity index (χ3n) is 3.71. The number of ether oxygens (including phenoxy) is 1. The number of methoxy groups -OCH3 is 1. The molecule has 5 nitrogen and oxygen atoms in total. The van der Waals surface area contributed by atoms with Crippen LogP contribution in [0.15, 0.2) is 4.99 Å². The van der Waals surface area contributed by atoms with E-state index in [0.29, 0.717) is 6.61 Å². The maximum absolute atomic E-state index is 5.00. The summed E-state index contributed by atoms with van der Waals surface area (Å²) in [6.07, 6.45) is 8.03. The monoisotopic (exact) mass is 412 g/mol. The minimum atomic E-state index is 0. The number of likely N-dealkylation sites (tertiary alicyclic amines) is 1. The molecule has 0 aromatic carbocycles. The zero-order chi connectivity index (χ0) is 14.5. The molecule has 0 aromatic heterocycles. The number of piperidine rings is 1. The highest BCUT2D eigenvalue weighted by atomic mass is 127. The van der Waals surface area contributed by atoms with Gasteiger partial charge < -0.3 is 20.3 Å². The number of nitrogens with one attached hydrogen (secondary N) is 2.